The Morgan fingerprint density at radius 1 is 1.17 bits per heavy atom. The summed E-state index contributed by atoms with van der Waals surface area (Å²) in [6.45, 7) is 8.52. The molecule has 0 bridgehead atoms. The van der Waals surface area contributed by atoms with Crippen molar-refractivity contribution in [1.29, 1.82) is 0 Å². The van der Waals surface area contributed by atoms with Gasteiger partial charge in [0, 0.05) is 18.6 Å². The number of rotatable bonds is 6. The van der Waals surface area contributed by atoms with Crippen LogP contribution in [0.25, 0.3) is 0 Å². The van der Waals surface area contributed by atoms with Crippen molar-refractivity contribution < 1.29 is 0 Å². The summed E-state index contributed by atoms with van der Waals surface area (Å²) in [7, 11) is 0. The summed E-state index contributed by atoms with van der Waals surface area (Å²) in [6, 6.07) is 10.2. The zero-order chi connectivity index (χ0) is 13.1. The third kappa shape index (κ3) is 2.93. The molecule has 0 amide bonds. The van der Waals surface area contributed by atoms with Crippen molar-refractivity contribution in [2.75, 3.05) is 13.1 Å². The summed E-state index contributed by atoms with van der Waals surface area (Å²) < 4.78 is 0. The highest BCUT2D eigenvalue weighted by molar-refractivity contribution is 5.27. The molecule has 0 spiro atoms. The summed E-state index contributed by atoms with van der Waals surface area (Å²) in [5.74, 6) is 0.598. The predicted molar refractivity (Wildman–Crippen MR) is 77.7 cm³/mol. The van der Waals surface area contributed by atoms with Gasteiger partial charge in [-0.25, -0.2) is 0 Å². The van der Waals surface area contributed by atoms with Crippen molar-refractivity contribution in [1.82, 2.24) is 4.90 Å². The predicted octanol–water partition coefficient (Wildman–Crippen LogP) is 3.29. The van der Waals surface area contributed by atoms with Crippen molar-refractivity contribution in [2.45, 2.75) is 51.6 Å². The Bertz CT molecular complexity index is 365. The van der Waals surface area contributed by atoms with E-state index in [1.807, 2.05) is 0 Å². The van der Waals surface area contributed by atoms with Gasteiger partial charge in [0.2, 0.25) is 0 Å². The van der Waals surface area contributed by atoms with Crippen LogP contribution in [0.2, 0.25) is 0 Å². The van der Waals surface area contributed by atoms with Crippen LogP contribution in [0.5, 0.6) is 0 Å². The van der Waals surface area contributed by atoms with Crippen LogP contribution in [0.4, 0.5) is 0 Å². The molecule has 1 aromatic rings. The number of nitrogens with zero attached hydrogens (tertiary/aromatic N) is 1. The van der Waals surface area contributed by atoms with Gasteiger partial charge in [-0.3, -0.25) is 4.90 Å². The largest absolute Gasteiger partial charge is 0.329 e. The van der Waals surface area contributed by atoms with Gasteiger partial charge in [0.25, 0.3) is 0 Å². The van der Waals surface area contributed by atoms with Crippen LogP contribution in [0, 0.1) is 0 Å². The van der Waals surface area contributed by atoms with Crippen molar-refractivity contribution in [3.63, 3.8) is 0 Å². The molecule has 2 heteroatoms. The minimum atomic E-state index is 0.392. The SMILES string of the molecule is CCN(C1CC1)C(CN)c1ccc(C(C)C)cc1. The van der Waals surface area contributed by atoms with Crippen LogP contribution in [-0.2, 0) is 0 Å². The first-order valence-corrected chi connectivity index (χ1v) is 7.23. The Hall–Kier alpha value is -0.860. The molecular formula is C16H26N2. The minimum absolute atomic E-state index is 0.392. The van der Waals surface area contributed by atoms with Gasteiger partial charge in [0.1, 0.15) is 0 Å². The van der Waals surface area contributed by atoms with E-state index in [1.165, 1.54) is 24.0 Å². The van der Waals surface area contributed by atoms with Gasteiger partial charge in [0.05, 0.1) is 0 Å². The van der Waals surface area contributed by atoms with Crippen LogP contribution < -0.4 is 5.73 Å². The molecule has 1 saturated carbocycles. The molecule has 2 N–H and O–H groups in total. The van der Waals surface area contributed by atoms with E-state index in [9.17, 15) is 0 Å². The molecule has 0 saturated heterocycles. The summed E-state index contributed by atoms with van der Waals surface area (Å²) in [6.07, 6.45) is 2.68. The molecule has 0 radical (unpaired) electrons. The number of nitrogens with two attached hydrogens (primary N) is 1. The van der Waals surface area contributed by atoms with Gasteiger partial charge in [0.15, 0.2) is 0 Å². The molecule has 0 aliphatic heterocycles. The van der Waals surface area contributed by atoms with Crippen LogP contribution in [0.1, 0.15) is 56.7 Å². The third-order valence-electron chi connectivity index (χ3n) is 3.99. The fourth-order valence-corrected chi connectivity index (χ4v) is 2.71. The highest BCUT2D eigenvalue weighted by atomic mass is 15.2. The standard InChI is InChI=1S/C16H26N2/c1-4-18(15-9-10-15)16(11-17)14-7-5-13(6-8-14)12(2)3/h5-8,12,15-16H,4,9-11,17H2,1-3H3. The lowest BCUT2D eigenvalue weighted by molar-refractivity contribution is 0.202. The van der Waals surface area contributed by atoms with Gasteiger partial charge in [-0.2, -0.15) is 0 Å². The van der Waals surface area contributed by atoms with Crippen molar-refractivity contribution >= 4 is 0 Å². The van der Waals surface area contributed by atoms with Gasteiger partial charge >= 0.3 is 0 Å². The van der Waals surface area contributed by atoms with Crippen molar-refractivity contribution in [3.8, 4) is 0 Å². The first kappa shape index (κ1) is 13.6. The van der Waals surface area contributed by atoms with Crippen LogP contribution in [0.15, 0.2) is 24.3 Å². The lowest BCUT2D eigenvalue weighted by Crippen LogP contribution is -2.35. The number of likely N-dealkylation sites (N-methyl/N-ethyl adjacent to an activating group) is 1. The molecule has 100 valence electrons. The fourth-order valence-electron chi connectivity index (χ4n) is 2.71. The molecule has 0 aromatic heterocycles. The van der Waals surface area contributed by atoms with E-state index in [0.29, 0.717) is 18.5 Å². The topological polar surface area (TPSA) is 29.3 Å². The van der Waals surface area contributed by atoms with E-state index in [-0.39, 0.29) is 0 Å². The molecule has 18 heavy (non-hydrogen) atoms. The van der Waals surface area contributed by atoms with Crippen LogP contribution in [-0.4, -0.2) is 24.0 Å². The maximum absolute atomic E-state index is 6.00. The molecule has 1 aliphatic rings. The summed E-state index contributed by atoms with van der Waals surface area (Å²) in [5.41, 5.74) is 8.78. The van der Waals surface area contributed by atoms with E-state index in [2.05, 4.69) is 49.9 Å². The summed E-state index contributed by atoms with van der Waals surface area (Å²) in [4.78, 5) is 2.56. The Balaban J connectivity index is 2.15. The summed E-state index contributed by atoms with van der Waals surface area (Å²) in [5, 5.41) is 0. The zero-order valence-electron chi connectivity index (χ0n) is 11.9. The second-order valence-electron chi connectivity index (χ2n) is 5.63. The van der Waals surface area contributed by atoms with E-state index >= 15 is 0 Å². The van der Waals surface area contributed by atoms with Gasteiger partial charge in [-0.1, -0.05) is 45.0 Å². The van der Waals surface area contributed by atoms with E-state index in [1.54, 1.807) is 0 Å². The second kappa shape index (κ2) is 5.85. The second-order valence-corrected chi connectivity index (χ2v) is 5.63. The minimum Gasteiger partial charge on any atom is -0.329 e. The van der Waals surface area contributed by atoms with Gasteiger partial charge in [-0.05, 0) is 36.4 Å². The Labute approximate surface area is 111 Å². The fraction of sp³-hybridized carbons (Fsp3) is 0.625. The first-order chi connectivity index (χ1) is 8.67. The van der Waals surface area contributed by atoms with E-state index in [0.717, 1.165) is 12.6 Å². The molecule has 1 atom stereocenters. The molecular weight excluding hydrogens is 220 g/mol. The molecule has 2 nitrogen and oxygen atoms in total. The molecule has 1 fully saturated rings. The monoisotopic (exact) mass is 246 g/mol. The smallest absolute Gasteiger partial charge is 0.0473 e. The van der Waals surface area contributed by atoms with E-state index < -0.39 is 0 Å². The van der Waals surface area contributed by atoms with Crippen molar-refractivity contribution in [3.05, 3.63) is 35.4 Å². The molecule has 1 aromatic carbocycles. The number of hydrogen-bond acceptors (Lipinski definition) is 2. The number of hydrogen-bond donors (Lipinski definition) is 1. The lowest BCUT2D eigenvalue weighted by atomic mass is 9.98. The Morgan fingerprint density at radius 2 is 1.72 bits per heavy atom. The van der Waals surface area contributed by atoms with Crippen LogP contribution >= 0.6 is 0 Å². The molecule has 2 rings (SSSR count). The van der Waals surface area contributed by atoms with Gasteiger partial charge in [-0.15, -0.1) is 0 Å². The lowest BCUT2D eigenvalue weighted by Gasteiger charge is -2.30. The third-order valence-corrected chi connectivity index (χ3v) is 3.99. The normalized spacial score (nSPS) is 17.4. The molecule has 0 heterocycles. The Morgan fingerprint density at radius 3 is 2.11 bits per heavy atom. The maximum atomic E-state index is 6.00. The van der Waals surface area contributed by atoms with E-state index in [4.69, 9.17) is 5.73 Å². The average molecular weight is 246 g/mol. The molecule has 1 aliphatic carbocycles. The summed E-state index contributed by atoms with van der Waals surface area (Å²) >= 11 is 0. The highest BCUT2D eigenvalue weighted by Crippen LogP contribution is 2.34. The quantitative estimate of drug-likeness (QED) is 0.834. The van der Waals surface area contributed by atoms with Gasteiger partial charge < -0.3 is 5.73 Å². The first-order valence-electron chi connectivity index (χ1n) is 7.23. The molecule has 1 unspecified atom stereocenters. The zero-order valence-corrected chi connectivity index (χ0v) is 11.9. The van der Waals surface area contributed by atoms with Crippen LogP contribution in [0.3, 0.4) is 0 Å². The Kier molecular flexibility index (Phi) is 4.41. The van der Waals surface area contributed by atoms with Crippen molar-refractivity contribution in [2.24, 2.45) is 5.73 Å². The number of benzene rings is 1. The maximum Gasteiger partial charge on any atom is 0.0473 e. The highest BCUT2D eigenvalue weighted by Gasteiger charge is 2.32. The average Bonchev–Trinajstić information content (AvgIpc) is 3.20.